The van der Waals surface area contributed by atoms with Gasteiger partial charge in [0.25, 0.3) is 5.69 Å². The zero-order valence-corrected chi connectivity index (χ0v) is 8.72. The maximum absolute atomic E-state index is 13.4. The topological polar surface area (TPSA) is 68.3 Å². The molecule has 0 unspecified atom stereocenters. The van der Waals surface area contributed by atoms with Crippen molar-refractivity contribution in [1.82, 2.24) is 0 Å². The van der Waals surface area contributed by atoms with Crippen LogP contribution in [0, 0.1) is 15.9 Å². The highest BCUT2D eigenvalue weighted by Gasteiger charge is 2.17. The van der Waals surface area contributed by atoms with Crippen LogP contribution in [0.3, 0.4) is 0 Å². The van der Waals surface area contributed by atoms with Gasteiger partial charge in [-0.2, -0.15) is 0 Å². The molecule has 0 bridgehead atoms. The number of anilines is 1. The highest BCUT2D eigenvalue weighted by molar-refractivity contribution is 5.62. The lowest BCUT2D eigenvalue weighted by Gasteiger charge is -2.06. The SMILES string of the molecule is O=[N+]([O-])c1cccc(F)c1NCc1ccoc1. The lowest BCUT2D eigenvalue weighted by atomic mass is 10.2. The summed E-state index contributed by atoms with van der Waals surface area (Å²) >= 11 is 0. The van der Waals surface area contributed by atoms with Crippen molar-refractivity contribution in [2.75, 3.05) is 5.32 Å². The number of hydrogen-bond acceptors (Lipinski definition) is 4. The molecule has 0 spiro atoms. The van der Waals surface area contributed by atoms with Crippen LogP contribution in [-0.4, -0.2) is 4.92 Å². The van der Waals surface area contributed by atoms with Gasteiger partial charge in [0, 0.05) is 18.2 Å². The highest BCUT2D eigenvalue weighted by Crippen LogP contribution is 2.27. The van der Waals surface area contributed by atoms with Gasteiger partial charge in [-0.15, -0.1) is 0 Å². The van der Waals surface area contributed by atoms with Gasteiger partial charge in [-0.3, -0.25) is 10.1 Å². The van der Waals surface area contributed by atoms with E-state index in [0.717, 1.165) is 5.56 Å². The van der Waals surface area contributed by atoms with Gasteiger partial charge in [0.1, 0.15) is 5.69 Å². The Balaban J connectivity index is 2.22. The number of furan rings is 1. The van der Waals surface area contributed by atoms with Crippen LogP contribution in [0.4, 0.5) is 15.8 Å². The van der Waals surface area contributed by atoms with Crippen LogP contribution in [0.25, 0.3) is 0 Å². The molecule has 1 heterocycles. The third kappa shape index (κ3) is 2.41. The molecular weight excluding hydrogens is 227 g/mol. The molecule has 0 aliphatic rings. The lowest BCUT2D eigenvalue weighted by molar-refractivity contribution is -0.384. The summed E-state index contributed by atoms with van der Waals surface area (Å²) in [5, 5.41) is 13.4. The van der Waals surface area contributed by atoms with Crippen molar-refractivity contribution in [3.8, 4) is 0 Å². The first-order valence-electron chi connectivity index (χ1n) is 4.86. The van der Waals surface area contributed by atoms with E-state index in [-0.39, 0.29) is 17.9 Å². The van der Waals surface area contributed by atoms with E-state index < -0.39 is 10.7 Å². The lowest BCUT2D eigenvalue weighted by Crippen LogP contribution is -2.04. The van der Waals surface area contributed by atoms with Gasteiger partial charge in [0.15, 0.2) is 5.82 Å². The van der Waals surface area contributed by atoms with E-state index in [4.69, 9.17) is 4.42 Å². The average molecular weight is 236 g/mol. The zero-order chi connectivity index (χ0) is 12.3. The van der Waals surface area contributed by atoms with Crippen molar-refractivity contribution in [3.05, 3.63) is 58.3 Å². The van der Waals surface area contributed by atoms with Crippen molar-refractivity contribution in [1.29, 1.82) is 0 Å². The van der Waals surface area contributed by atoms with Gasteiger partial charge in [-0.1, -0.05) is 6.07 Å². The monoisotopic (exact) mass is 236 g/mol. The van der Waals surface area contributed by atoms with Crippen LogP contribution < -0.4 is 5.32 Å². The number of nitro benzene ring substituents is 1. The van der Waals surface area contributed by atoms with Crippen LogP contribution in [0.2, 0.25) is 0 Å². The highest BCUT2D eigenvalue weighted by atomic mass is 19.1. The quantitative estimate of drug-likeness (QED) is 0.654. The summed E-state index contributed by atoms with van der Waals surface area (Å²) in [7, 11) is 0. The van der Waals surface area contributed by atoms with Crippen molar-refractivity contribution in [2.24, 2.45) is 0 Å². The molecule has 0 atom stereocenters. The van der Waals surface area contributed by atoms with E-state index in [0.29, 0.717) is 0 Å². The first-order chi connectivity index (χ1) is 8.18. The Morgan fingerprint density at radius 2 is 2.24 bits per heavy atom. The number of halogens is 1. The fourth-order valence-electron chi connectivity index (χ4n) is 1.42. The third-order valence-corrected chi connectivity index (χ3v) is 2.24. The summed E-state index contributed by atoms with van der Waals surface area (Å²) < 4.78 is 18.3. The summed E-state index contributed by atoms with van der Waals surface area (Å²) in [4.78, 5) is 10.1. The molecule has 0 aliphatic carbocycles. The van der Waals surface area contributed by atoms with E-state index in [1.54, 1.807) is 6.07 Å². The molecule has 0 radical (unpaired) electrons. The molecule has 1 N–H and O–H groups in total. The summed E-state index contributed by atoms with van der Waals surface area (Å²) in [6, 6.07) is 5.42. The molecule has 1 aromatic carbocycles. The molecule has 1 aromatic heterocycles. The second-order valence-corrected chi connectivity index (χ2v) is 3.38. The smallest absolute Gasteiger partial charge is 0.295 e. The first-order valence-corrected chi connectivity index (χ1v) is 4.86. The second kappa shape index (κ2) is 4.65. The van der Waals surface area contributed by atoms with E-state index >= 15 is 0 Å². The molecule has 5 nitrogen and oxygen atoms in total. The maximum Gasteiger partial charge on any atom is 0.295 e. The van der Waals surface area contributed by atoms with E-state index in [9.17, 15) is 14.5 Å². The number of benzene rings is 1. The minimum absolute atomic E-state index is 0.112. The standard InChI is InChI=1S/C11H9FN2O3/c12-9-2-1-3-10(14(15)16)11(9)13-6-8-4-5-17-7-8/h1-5,7,13H,6H2. The predicted molar refractivity (Wildman–Crippen MR) is 59.1 cm³/mol. The number of rotatable bonds is 4. The minimum atomic E-state index is -0.650. The first kappa shape index (κ1) is 11.1. The Morgan fingerprint density at radius 3 is 2.88 bits per heavy atom. The molecule has 17 heavy (non-hydrogen) atoms. The van der Waals surface area contributed by atoms with Gasteiger partial charge < -0.3 is 9.73 Å². The van der Waals surface area contributed by atoms with Crippen LogP contribution in [-0.2, 0) is 6.54 Å². The molecule has 2 rings (SSSR count). The molecule has 0 amide bonds. The molecule has 6 heteroatoms. The summed E-state index contributed by atoms with van der Waals surface area (Å²) in [6.45, 7) is 0.262. The molecular formula is C11H9FN2O3. The van der Waals surface area contributed by atoms with Crippen molar-refractivity contribution in [2.45, 2.75) is 6.54 Å². The minimum Gasteiger partial charge on any atom is -0.472 e. The molecule has 88 valence electrons. The van der Waals surface area contributed by atoms with Crippen molar-refractivity contribution < 1.29 is 13.7 Å². The number of nitrogens with zero attached hydrogens (tertiary/aromatic N) is 1. The predicted octanol–water partition coefficient (Wildman–Crippen LogP) is 2.94. The number of hydrogen-bond donors (Lipinski definition) is 1. The summed E-state index contributed by atoms with van der Waals surface area (Å²) in [5.41, 5.74) is 0.384. The summed E-state index contributed by atoms with van der Waals surface area (Å²) in [6.07, 6.45) is 2.96. The Kier molecular flexibility index (Phi) is 3.04. The number of nitro groups is 1. The number of para-hydroxylation sites is 1. The van der Waals surface area contributed by atoms with Gasteiger partial charge >= 0.3 is 0 Å². The Bertz CT molecular complexity index is 526. The average Bonchev–Trinajstić information content (AvgIpc) is 2.80. The Morgan fingerprint density at radius 1 is 1.41 bits per heavy atom. The van der Waals surface area contributed by atoms with Crippen LogP contribution in [0.5, 0.6) is 0 Å². The fraction of sp³-hybridized carbons (Fsp3) is 0.0909. The molecule has 0 aliphatic heterocycles. The normalized spacial score (nSPS) is 10.2. The van der Waals surface area contributed by atoms with Gasteiger partial charge in [0.05, 0.1) is 17.4 Å². The molecule has 0 fully saturated rings. The second-order valence-electron chi connectivity index (χ2n) is 3.38. The van der Waals surface area contributed by atoms with Crippen LogP contribution >= 0.6 is 0 Å². The largest absolute Gasteiger partial charge is 0.472 e. The Hall–Kier alpha value is -2.37. The van der Waals surface area contributed by atoms with Crippen molar-refractivity contribution in [3.63, 3.8) is 0 Å². The van der Waals surface area contributed by atoms with Gasteiger partial charge in [0.2, 0.25) is 0 Å². The maximum atomic E-state index is 13.4. The van der Waals surface area contributed by atoms with Crippen molar-refractivity contribution >= 4 is 11.4 Å². The summed E-state index contributed by atoms with van der Waals surface area (Å²) in [5.74, 6) is -0.650. The van der Waals surface area contributed by atoms with E-state index in [1.165, 1.54) is 30.7 Å². The van der Waals surface area contributed by atoms with Crippen LogP contribution in [0.1, 0.15) is 5.56 Å². The van der Waals surface area contributed by atoms with E-state index in [1.807, 2.05) is 0 Å². The fourth-order valence-corrected chi connectivity index (χ4v) is 1.42. The molecule has 2 aromatic rings. The van der Waals surface area contributed by atoms with Gasteiger partial charge in [-0.25, -0.2) is 4.39 Å². The molecule has 0 saturated carbocycles. The number of nitrogens with one attached hydrogen (secondary N) is 1. The zero-order valence-electron chi connectivity index (χ0n) is 8.72. The molecule has 0 saturated heterocycles. The third-order valence-electron chi connectivity index (χ3n) is 2.24. The van der Waals surface area contributed by atoms with Crippen LogP contribution in [0.15, 0.2) is 41.2 Å². The Labute approximate surface area is 96.0 Å². The van der Waals surface area contributed by atoms with Gasteiger partial charge in [-0.05, 0) is 12.1 Å². The van der Waals surface area contributed by atoms with E-state index in [2.05, 4.69) is 5.32 Å².